The molecule has 0 saturated heterocycles. The van der Waals surface area contributed by atoms with Crippen molar-refractivity contribution in [1.29, 1.82) is 0 Å². The average molecular weight is 269 g/mol. The highest BCUT2D eigenvalue weighted by atomic mass is 16.5. The Bertz CT molecular complexity index is 339. The maximum absolute atomic E-state index is 5.56. The van der Waals surface area contributed by atoms with Crippen LogP contribution in [0.2, 0.25) is 0 Å². The number of rotatable bonds is 11. The third kappa shape index (κ3) is 6.18. The van der Waals surface area contributed by atoms with E-state index in [2.05, 4.69) is 24.3 Å². The summed E-state index contributed by atoms with van der Waals surface area (Å²) in [5, 5.41) is 7.73. The van der Waals surface area contributed by atoms with Gasteiger partial charge in [0.2, 0.25) is 0 Å². The van der Waals surface area contributed by atoms with Crippen molar-refractivity contribution in [3.8, 4) is 0 Å². The fourth-order valence-corrected chi connectivity index (χ4v) is 1.78. The van der Waals surface area contributed by atoms with Crippen LogP contribution in [-0.2, 0) is 22.6 Å². The van der Waals surface area contributed by atoms with E-state index in [1.807, 2.05) is 10.9 Å². The summed E-state index contributed by atoms with van der Waals surface area (Å²) in [7, 11) is 1.71. The van der Waals surface area contributed by atoms with Gasteiger partial charge in [-0.15, -0.1) is 0 Å². The van der Waals surface area contributed by atoms with Gasteiger partial charge in [-0.3, -0.25) is 4.68 Å². The molecule has 0 unspecified atom stereocenters. The summed E-state index contributed by atoms with van der Waals surface area (Å²) in [6.07, 6.45) is 4.24. The van der Waals surface area contributed by atoms with Crippen LogP contribution >= 0.6 is 0 Å². The summed E-state index contributed by atoms with van der Waals surface area (Å²) >= 11 is 0. The van der Waals surface area contributed by atoms with Crippen LogP contribution in [0, 0.1) is 6.92 Å². The SMILES string of the molecule is CCCCOCCn1ncc(CNCCOC)c1C. The van der Waals surface area contributed by atoms with Crippen molar-refractivity contribution >= 4 is 0 Å². The van der Waals surface area contributed by atoms with E-state index >= 15 is 0 Å². The molecule has 0 fully saturated rings. The molecule has 19 heavy (non-hydrogen) atoms. The minimum absolute atomic E-state index is 0.735. The highest BCUT2D eigenvalue weighted by Crippen LogP contribution is 2.06. The lowest BCUT2D eigenvalue weighted by Gasteiger charge is -2.07. The molecule has 1 N–H and O–H groups in total. The Morgan fingerprint density at radius 2 is 2.16 bits per heavy atom. The Hall–Kier alpha value is -0.910. The van der Waals surface area contributed by atoms with Gasteiger partial charge in [0, 0.05) is 38.1 Å². The predicted molar refractivity (Wildman–Crippen MR) is 76.3 cm³/mol. The van der Waals surface area contributed by atoms with Crippen molar-refractivity contribution in [2.75, 3.05) is 33.5 Å². The molecule has 1 rings (SSSR count). The highest BCUT2D eigenvalue weighted by Gasteiger charge is 2.05. The van der Waals surface area contributed by atoms with Gasteiger partial charge in [-0.2, -0.15) is 5.10 Å². The van der Waals surface area contributed by atoms with Crippen molar-refractivity contribution in [3.63, 3.8) is 0 Å². The van der Waals surface area contributed by atoms with Gasteiger partial charge in [0.15, 0.2) is 0 Å². The van der Waals surface area contributed by atoms with E-state index in [0.29, 0.717) is 0 Å². The quantitative estimate of drug-likeness (QED) is 0.622. The molecule has 0 radical (unpaired) electrons. The van der Waals surface area contributed by atoms with Crippen LogP contribution in [0.25, 0.3) is 0 Å². The van der Waals surface area contributed by atoms with Gasteiger partial charge in [-0.05, 0) is 13.3 Å². The summed E-state index contributed by atoms with van der Waals surface area (Å²) in [5.74, 6) is 0. The lowest BCUT2D eigenvalue weighted by molar-refractivity contribution is 0.120. The molecule has 0 aromatic carbocycles. The molecule has 1 heterocycles. The molecule has 0 spiro atoms. The van der Waals surface area contributed by atoms with E-state index in [-0.39, 0.29) is 0 Å². The second-order valence-electron chi connectivity index (χ2n) is 4.61. The van der Waals surface area contributed by atoms with E-state index in [1.54, 1.807) is 7.11 Å². The number of aromatic nitrogens is 2. The minimum Gasteiger partial charge on any atom is -0.383 e. The van der Waals surface area contributed by atoms with E-state index in [9.17, 15) is 0 Å². The van der Waals surface area contributed by atoms with Crippen molar-refractivity contribution < 1.29 is 9.47 Å². The molecule has 0 aliphatic carbocycles. The van der Waals surface area contributed by atoms with Gasteiger partial charge < -0.3 is 14.8 Å². The van der Waals surface area contributed by atoms with Crippen LogP contribution in [-0.4, -0.2) is 43.3 Å². The standard InChI is InChI=1S/C14H27N3O2/c1-4-5-8-19-10-7-17-13(2)14(12-16-17)11-15-6-9-18-3/h12,15H,4-11H2,1-3H3. The van der Waals surface area contributed by atoms with E-state index < -0.39 is 0 Å². The first kappa shape index (κ1) is 16.1. The maximum atomic E-state index is 5.56. The zero-order chi connectivity index (χ0) is 13.9. The zero-order valence-electron chi connectivity index (χ0n) is 12.4. The number of hydrogen-bond donors (Lipinski definition) is 1. The Balaban J connectivity index is 2.26. The van der Waals surface area contributed by atoms with Crippen LogP contribution in [0.5, 0.6) is 0 Å². The molecule has 0 atom stereocenters. The minimum atomic E-state index is 0.735. The van der Waals surface area contributed by atoms with Crippen molar-refractivity contribution in [3.05, 3.63) is 17.5 Å². The number of nitrogens with zero attached hydrogens (tertiary/aromatic N) is 2. The second-order valence-corrected chi connectivity index (χ2v) is 4.61. The van der Waals surface area contributed by atoms with E-state index in [4.69, 9.17) is 9.47 Å². The molecule has 5 nitrogen and oxygen atoms in total. The monoisotopic (exact) mass is 269 g/mol. The lowest BCUT2D eigenvalue weighted by Crippen LogP contribution is -2.19. The van der Waals surface area contributed by atoms with Crippen molar-refractivity contribution in [2.45, 2.75) is 39.8 Å². The van der Waals surface area contributed by atoms with Gasteiger partial charge in [0.05, 0.1) is 26.0 Å². The Morgan fingerprint density at radius 1 is 1.32 bits per heavy atom. The number of methoxy groups -OCH3 is 1. The van der Waals surface area contributed by atoms with E-state index in [0.717, 1.165) is 45.9 Å². The largest absolute Gasteiger partial charge is 0.383 e. The molecule has 0 saturated carbocycles. The number of hydrogen-bond acceptors (Lipinski definition) is 4. The molecule has 0 aliphatic heterocycles. The van der Waals surface area contributed by atoms with Gasteiger partial charge in [0.1, 0.15) is 0 Å². The normalized spacial score (nSPS) is 11.1. The molecular formula is C14H27N3O2. The first-order valence-electron chi connectivity index (χ1n) is 7.08. The third-order valence-corrected chi connectivity index (χ3v) is 3.09. The Kier molecular flexibility index (Phi) is 8.45. The van der Waals surface area contributed by atoms with Crippen LogP contribution in [0.1, 0.15) is 31.0 Å². The second kappa shape index (κ2) is 9.95. The fourth-order valence-electron chi connectivity index (χ4n) is 1.78. The van der Waals surface area contributed by atoms with Crippen LogP contribution in [0.4, 0.5) is 0 Å². The van der Waals surface area contributed by atoms with Gasteiger partial charge in [-0.1, -0.05) is 13.3 Å². The topological polar surface area (TPSA) is 48.3 Å². The van der Waals surface area contributed by atoms with Crippen LogP contribution in [0.3, 0.4) is 0 Å². The number of unbranched alkanes of at least 4 members (excludes halogenated alkanes) is 1. The summed E-state index contributed by atoms with van der Waals surface area (Å²) in [4.78, 5) is 0. The summed E-state index contributed by atoms with van der Waals surface area (Å²) in [6, 6.07) is 0. The maximum Gasteiger partial charge on any atom is 0.0662 e. The Labute approximate surface area is 116 Å². The highest BCUT2D eigenvalue weighted by molar-refractivity contribution is 5.15. The summed E-state index contributed by atoms with van der Waals surface area (Å²) < 4.78 is 12.6. The van der Waals surface area contributed by atoms with Crippen LogP contribution < -0.4 is 5.32 Å². The molecule has 5 heteroatoms. The molecule has 0 amide bonds. The molecule has 0 aliphatic rings. The average Bonchev–Trinajstić information content (AvgIpc) is 2.76. The molecule has 1 aromatic rings. The van der Waals surface area contributed by atoms with Gasteiger partial charge >= 0.3 is 0 Å². The lowest BCUT2D eigenvalue weighted by atomic mass is 10.2. The first-order valence-corrected chi connectivity index (χ1v) is 7.08. The Morgan fingerprint density at radius 3 is 2.89 bits per heavy atom. The van der Waals surface area contributed by atoms with Crippen molar-refractivity contribution in [1.82, 2.24) is 15.1 Å². The fraction of sp³-hybridized carbons (Fsp3) is 0.786. The van der Waals surface area contributed by atoms with Crippen molar-refractivity contribution in [2.24, 2.45) is 0 Å². The molecule has 1 aromatic heterocycles. The molecular weight excluding hydrogens is 242 g/mol. The van der Waals surface area contributed by atoms with Gasteiger partial charge in [0.25, 0.3) is 0 Å². The van der Waals surface area contributed by atoms with Crippen LogP contribution in [0.15, 0.2) is 6.20 Å². The number of ether oxygens (including phenoxy) is 2. The first-order chi connectivity index (χ1) is 9.29. The third-order valence-electron chi connectivity index (χ3n) is 3.09. The summed E-state index contributed by atoms with van der Waals surface area (Å²) in [6.45, 7) is 9.12. The number of nitrogens with one attached hydrogen (secondary N) is 1. The van der Waals surface area contributed by atoms with Gasteiger partial charge in [-0.25, -0.2) is 0 Å². The molecule has 0 bridgehead atoms. The van der Waals surface area contributed by atoms with E-state index in [1.165, 1.54) is 17.7 Å². The molecule has 110 valence electrons. The smallest absolute Gasteiger partial charge is 0.0662 e. The zero-order valence-corrected chi connectivity index (χ0v) is 12.4. The predicted octanol–water partition coefficient (Wildman–Crippen LogP) is 1.74. The summed E-state index contributed by atoms with van der Waals surface area (Å²) in [5.41, 5.74) is 2.45.